The van der Waals surface area contributed by atoms with Crippen LogP contribution in [0.5, 0.6) is 0 Å². The van der Waals surface area contributed by atoms with Gasteiger partial charge in [0.1, 0.15) is 0 Å². The van der Waals surface area contributed by atoms with Crippen molar-refractivity contribution in [1.82, 2.24) is 4.90 Å². The van der Waals surface area contributed by atoms with Crippen LogP contribution in [0.15, 0.2) is 0 Å². The zero-order valence-corrected chi connectivity index (χ0v) is 11.5. The number of unbranched alkanes of at least 4 members (excludes halogenated alkanes) is 1. The Hall–Kier alpha value is -0.570. The lowest BCUT2D eigenvalue weighted by atomic mass is 9.93. The van der Waals surface area contributed by atoms with Crippen LogP contribution >= 0.6 is 0 Å². The highest BCUT2D eigenvalue weighted by molar-refractivity contribution is 5.78. The van der Waals surface area contributed by atoms with E-state index in [4.69, 9.17) is 5.73 Å². The van der Waals surface area contributed by atoms with Gasteiger partial charge in [0.2, 0.25) is 5.91 Å². The van der Waals surface area contributed by atoms with Gasteiger partial charge in [-0.2, -0.15) is 0 Å². The monoisotopic (exact) mass is 240 g/mol. The minimum atomic E-state index is 0.242. The maximum atomic E-state index is 12.4. The molecular weight excluding hydrogens is 212 g/mol. The molecule has 17 heavy (non-hydrogen) atoms. The molecule has 0 aromatic rings. The second kappa shape index (κ2) is 7.70. The van der Waals surface area contributed by atoms with E-state index in [0.29, 0.717) is 11.8 Å². The van der Waals surface area contributed by atoms with Gasteiger partial charge in [-0.05, 0) is 38.1 Å². The Kier molecular flexibility index (Phi) is 6.56. The van der Waals surface area contributed by atoms with Crippen molar-refractivity contribution in [2.75, 3.05) is 19.6 Å². The van der Waals surface area contributed by atoms with Gasteiger partial charge in [-0.25, -0.2) is 0 Å². The van der Waals surface area contributed by atoms with Gasteiger partial charge in [0, 0.05) is 19.0 Å². The zero-order chi connectivity index (χ0) is 12.7. The van der Waals surface area contributed by atoms with Crippen molar-refractivity contribution < 1.29 is 4.79 Å². The summed E-state index contributed by atoms with van der Waals surface area (Å²) in [5, 5.41) is 0. The summed E-state index contributed by atoms with van der Waals surface area (Å²) < 4.78 is 0. The van der Waals surface area contributed by atoms with Gasteiger partial charge in [0.05, 0.1) is 0 Å². The lowest BCUT2D eigenvalue weighted by Crippen LogP contribution is -2.44. The molecule has 0 aliphatic carbocycles. The molecule has 2 atom stereocenters. The number of hydrogen-bond donors (Lipinski definition) is 1. The van der Waals surface area contributed by atoms with Gasteiger partial charge >= 0.3 is 0 Å². The van der Waals surface area contributed by atoms with Crippen LogP contribution < -0.4 is 5.73 Å². The first-order valence-corrected chi connectivity index (χ1v) is 7.21. The van der Waals surface area contributed by atoms with E-state index >= 15 is 0 Å². The molecule has 0 bridgehead atoms. The van der Waals surface area contributed by atoms with Crippen molar-refractivity contribution in [2.24, 2.45) is 17.6 Å². The first-order chi connectivity index (χ1) is 8.22. The molecule has 0 unspecified atom stereocenters. The van der Waals surface area contributed by atoms with E-state index in [9.17, 15) is 4.79 Å². The second-order valence-corrected chi connectivity index (χ2v) is 5.28. The summed E-state index contributed by atoms with van der Waals surface area (Å²) in [6.07, 6.45) is 6.68. The Morgan fingerprint density at radius 2 is 2.24 bits per heavy atom. The van der Waals surface area contributed by atoms with E-state index in [1.807, 2.05) is 0 Å². The number of amides is 1. The Balaban J connectivity index is 2.48. The van der Waals surface area contributed by atoms with Crippen LogP contribution in [-0.2, 0) is 4.79 Å². The summed E-state index contributed by atoms with van der Waals surface area (Å²) >= 11 is 0. The fourth-order valence-corrected chi connectivity index (χ4v) is 2.67. The fourth-order valence-electron chi connectivity index (χ4n) is 2.67. The first kappa shape index (κ1) is 14.5. The SMILES string of the molecule is CCCC[C@H](CC)C(=O)N1CCC[C@@H](CN)C1. The maximum absolute atomic E-state index is 12.4. The number of piperidine rings is 1. The van der Waals surface area contributed by atoms with Crippen molar-refractivity contribution in [1.29, 1.82) is 0 Å². The standard InChI is InChI=1S/C14H28N2O/c1-3-5-8-13(4-2)14(17)16-9-6-7-12(10-15)11-16/h12-13H,3-11,15H2,1-2H3/t12-,13-/m0/s1. The second-order valence-electron chi connectivity index (χ2n) is 5.28. The van der Waals surface area contributed by atoms with Gasteiger partial charge in [0.25, 0.3) is 0 Å². The molecule has 3 heteroatoms. The highest BCUT2D eigenvalue weighted by atomic mass is 16.2. The number of nitrogens with two attached hydrogens (primary N) is 1. The number of nitrogens with zero attached hydrogens (tertiary/aromatic N) is 1. The normalized spacial score (nSPS) is 22.5. The molecule has 1 aliphatic heterocycles. The van der Waals surface area contributed by atoms with Crippen LogP contribution in [0.4, 0.5) is 0 Å². The van der Waals surface area contributed by atoms with Gasteiger partial charge in [-0.15, -0.1) is 0 Å². The van der Waals surface area contributed by atoms with E-state index in [0.717, 1.165) is 38.9 Å². The van der Waals surface area contributed by atoms with Crippen LogP contribution in [-0.4, -0.2) is 30.4 Å². The number of carbonyl (C=O) groups excluding carboxylic acids is 1. The van der Waals surface area contributed by atoms with E-state index in [-0.39, 0.29) is 5.92 Å². The van der Waals surface area contributed by atoms with Crippen LogP contribution in [0, 0.1) is 11.8 Å². The van der Waals surface area contributed by atoms with Crippen LogP contribution in [0.25, 0.3) is 0 Å². The summed E-state index contributed by atoms with van der Waals surface area (Å²) in [4.78, 5) is 14.4. The molecule has 1 fully saturated rings. The van der Waals surface area contributed by atoms with E-state index in [2.05, 4.69) is 18.7 Å². The molecule has 100 valence electrons. The van der Waals surface area contributed by atoms with Crippen molar-refractivity contribution in [3.63, 3.8) is 0 Å². The summed E-state index contributed by atoms with van der Waals surface area (Å²) in [5.74, 6) is 1.14. The number of carbonyl (C=O) groups is 1. The molecule has 3 nitrogen and oxygen atoms in total. The van der Waals surface area contributed by atoms with E-state index < -0.39 is 0 Å². The molecular formula is C14H28N2O. The molecule has 0 aromatic carbocycles. The molecule has 2 N–H and O–H groups in total. The Morgan fingerprint density at radius 1 is 1.47 bits per heavy atom. The average Bonchev–Trinajstić information content (AvgIpc) is 2.39. The largest absolute Gasteiger partial charge is 0.342 e. The quantitative estimate of drug-likeness (QED) is 0.775. The topological polar surface area (TPSA) is 46.3 Å². The maximum Gasteiger partial charge on any atom is 0.225 e. The first-order valence-electron chi connectivity index (χ1n) is 7.21. The summed E-state index contributed by atoms with van der Waals surface area (Å²) in [5.41, 5.74) is 5.72. The predicted octanol–water partition coefficient (Wildman–Crippen LogP) is 2.40. The Bertz CT molecular complexity index is 230. The lowest BCUT2D eigenvalue weighted by molar-refractivity contribution is -0.137. The molecule has 0 radical (unpaired) electrons. The zero-order valence-electron chi connectivity index (χ0n) is 11.5. The number of likely N-dealkylation sites (tertiary alicyclic amines) is 1. The van der Waals surface area contributed by atoms with Gasteiger partial charge < -0.3 is 10.6 Å². The van der Waals surface area contributed by atoms with Crippen LogP contribution in [0.3, 0.4) is 0 Å². The van der Waals surface area contributed by atoms with Gasteiger partial charge in [0.15, 0.2) is 0 Å². The Morgan fingerprint density at radius 3 is 2.82 bits per heavy atom. The highest BCUT2D eigenvalue weighted by Crippen LogP contribution is 2.21. The molecule has 0 aromatic heterocycles. The summed E-state index contributed by atoms with van der Waals surface area (Å²) in [7, 11) is 0. The minimum absolute atomic E-state index is 0.242. The molecule has 1 rings (SSSR count). The molecule has 1 amide bonds. The van der Waals surface area contributed by atoms with E-state index in [1.165, 1.54) is 19.3 Å². The van der Waals surface area contributed by atoms with Crippen molar-refractivity contribution >= 4 is 5.91 Å². The molecule has 1 saturated heterocycles. The van der Waals surface area contributed by atoms with Gasteiger partial charge in [-0.1, -0.05) is 26.7 Å². The van der Waals surface area contributed by atoms with E-state index in [1.54, 1.807) is 0 Å². The smallest absolute Gasteiger partial charge is 0.225 e. The number of hydrogen-bond acceptors (Lipinski definition) is 2. The molecule has 1 aliphatic rings. The lowest BCUT2D eigenvalue weighted by Gasteiger charge is -2.34. The third-order valence-corrected chi connectivity index (χ3v) is 3.91. The third-order valence-electron chi connectivity index (χ3n) is 3.91. The third kappa shape index (κ3) is 4.30. The predicted molar refractivity (Wildman–Crippen MR) is 71.7 cm³/mol. The van der Waals surface area contributed by atoms with Crippen LogP contribution in [0.2, 0.25) is 0 Å². The van der Waals surface area contributed by atoms with Crippen molar-refractivity contribution in [3.8, 4) is 0 Å². The fraction of sp³-hybridized carbons (Fsp3) is 0.929. The summed E-state index contributed by atoms with van der Waals surface area (Å²) in [6, 6.07) is 0. The Labute approximate surface area is 106 Å². The van der Waals surface area contributed by atoms with Gasteiger partial charge in [-0.3, -0.25) is 4.79 Å². The highest BCUT2D eigenvalue weighted by Gasteiger charge is 2.26. The molecule has 0 saturated carbocycles. The van der Waals surface area contributed by atoms with Crippen molar-refractivity contribution in [3.05, 3.63) is 0 Å². The minimum Gasteiger partial charge on any atom is -0.342 e. The number of rotatable bonds is 6. The average molecular weight is 240 g/mol. The summed E-state index contributed by atoms with van der Waals surface area (Å²) in [6.45, 7) is 6.86. The van der Waals surface area contributed by atoms with Crippen LogP contribution in [0.1, 0.15) is 52.4 Å². The molecule has 0 spiro atoms. The molecule has 1 heterocycles. The van der Waals surface area contributed by atoms with Crippen molar-refractivity contribution in [2.45, 2.75) is 52.4 Å².